The van der Waals surface area contributed by atoms with Crippen LogP contribution in [0.3, 0.4) is 0 Å². The zero-order valence-corrected chi connectivity index (χ0v) is 10.9. The highest BCUT2D eigenvalue weighted by molar-refractivity contribution is 7.62. The first-order valence-corrected chi connectivity index (χ1v) is 7.45. The fourth-order valence-electron chi connectivity index (χ4n) is 2.38. The van der Waals surface area contributed by atoms with Crippen LogP contribution < -0.4 is 9.83 Å². The summed E-state index contributed by atoms with van der Waals surface area (Å²) in [5, 5.41) is 0.450. The van der Waals surface area contributed by atoms with E-state index in [0.29, 0.717) is 17.5 Å². The normalized spacial score (nSPS) is 20.8. The van der Waals surface area contributed by atoms with Gasteiger partial charge in [0.15, 0.2) is 0 Å². The van der Waals surface area contributed by atoms with Crippen molar-refractivity contribution in [2.45, 2.75) is 13.3 Å². The number of benzene rings is 2. The van der Waals surface area contributed by atoms with Gasteiger partial charge in [0.2, 0.25) is 0 Å². The lowest BCUT2D eigenvalue weighted by atomic mass is 10.0. The van der Waals surface area contributed by atoms with Crippen LogP contribution in [0, 0.1) is 0 Å². The number of fused-ring (bicyclic) bond motifs is 3. The summed E-state index contributed by atoms with van der Waals surface area (Å²) >= 11 is 0. The quantitative estimate of drug-likeness (QED) is 0.801. The smallest absolute Gasteiger partial charge is 0.409 e. The Kier molecular flexibility index (Phi) is 2.54. The van der Waals surface area contributed by atoms with Gasteiger partial charge >= 0.3 is 7.60 Å². The van der Waals surface area contributed by atoms with Crippen LogP contribution in [0.5, 0.6) is 5.75 Å². The minimum atomic E-state index is -3.76. The number of hydrogen-bond acceptors (Lipinski definition) is 2. The van der Waals surface area contributed by atoms with Crippen molar-refractivity contribution in [1.82, 2.24) is 0 Å². The molecule has 0 spiro atoms. The van der Waals surface area contributed by atoms with Crippen molar-refractivity contribution in [2.75, 3.05) is 0 Å². The predicted octanol–water partition coefficient (Wildman–Crippen LogP) is 3.12. The molecular weight excluding hydrogens is 247 g/mol. The number of hydrogen-bond donors (Lipinski definition) is 1. The molecule has 3 rings (SSSR count). The van der Waals surface area contributed by atoms with Gasteiger partial charge in [-0.2, -0.15) is 0 Å². The Morgan fingerprint density at radius 3 is 2.61 bits per heavy atom. The average Bonchev–Trinajstić information content (AvgIpc) is 2.37. The standard InChI is InChI=1S/C14H13O3P/c1-2-10-6-5-8-12-11-7-3-4-9-13(11)17-18(15,16)14(10)12/h3-9H,2H2,1H3,(H,15,16). The van der Waals surface area contributed by atoms with E-state index in [1.54, 1.807) is 12.1 Å². The third kappa shape index (κ3) is 1.59. The van der Waals surface area contributed by atoms with E-state index in [9.17, 15) is 9.46 Å². The first-order chi connectivity index (χ1) is 8.63. The maximum absolute atomic E-state index is 12.3. The molecule has 0 radical (unpaired) electrons. The summed E-state index contributed by atoms with van der Waals surface area (Å²) in [4.78, 5) is 10.1. The molecule has 1 aliphatic rings. The van der Waals surface area contributed by atoms with E-state index < -0.39 is 7.60 Å². The van der Waals surface area contributed by atoms with Crippen LogP contribution in [-0.4, -0.2) is 4.89 Å². The van der Waals surface area contributed by atoms with E-state index in [0.717, 1.165) is 16.7 Å². The molecule has 4 heteroatoms. The van der Waals surface area contributed by atoms with Crippen LogP contribution >= 0.6 is 7.60 Å². The number of rotatable bonds is 1. The minimum absolute atomic E-state index is 0.450. The molecule has 2 aromatic rings. The number of aryl methyl sites for hydroxylation is 1. The molecule has 0 bridgehead atoms. The largest absolute Gasteiger partial charge is 0.421 e. The Labute approximate surface area is 106 Å². The van der Waals surface area contributed by atoms with Gasteiger partial charge < -0.3 is 9.42 Å². The molecule has 0 fully saturated rings. The van der Waals surface area contributed by atoms with Gasteiger partial charge in [0.05, 0.1) is 5.30 Å². The SMILES string of the molecule is CCc1cccc2c1P(=O)(O)Oc1ccccc1-2. The van der Waals surface area contributed by atoms with Crippen LogP contribution in [0.1, 0.15) is 12.5 Å². The molecule has 1 unspecified atom stereocenters. The van der Waals surface area contributed by atoms with E-state index in [1.807, 2.05) is 37.3 Å². The highest BCUT2D eigenvalue weighted by Crippen LogP contribution is 2.52. The molecule has 18 heavy (non-hydrogen) atoms. The molecule has 0 amide bonds. The summed E-state index contributed by atoms with van der Waals surface area (Å²) in [6, 6.07) is 13.0. The van der Waals surface area contributed by atoms with Gasteiger partial charge in [0, 0.05) is 11.1 Å². The van der Waals surface area contributed by atoms with Crippen molar-refractivity contribution in [2.24, 2.45) is 0 Å². The maximum atomic E-state index is 12.3. The van der Waals surface area contributed by atoms with E-state index in [-0.39, 0.29) is 0 Å². The highest BCUT2D eigenvalue weighted by atomic mass is 31.2. The Bertz CT molecular complexity index is 664. The monoisotopic (exact) mass is 260 g/mol. The zero-order chi connectivity index (χ0) is 12.8. The summed E-state index contributed by atoms with van der Waals surface area (Å²) < 4.78 is 17.6. The van der Waals surface area contributed by atoms with Gasteiger partial charge in [-0.05, 0) is 18.1 Å². The topological polar surface area (TPSA) is 46.5 Å². The van der Waals surface area contributed by atoms with Gasteiger partial charge in [0.25, 0.3) is 0 Å². The predicted molar refractivity (Wildman–Crippen MR) is 71.3 cm³/mol. The summed E-state index contributed by atoms with van der Waals surface area (Å²) in [5.74, 6) is 0.476. The van der Waals surface area contributed by atoms with E-state index in [4.69, 9.17) is 4.52 Å². The van der Waals surface area contributed by atoms with Gasteiger partial charge in [-0.3, -0.25) is 0 Å². The summed E-state index contributed by atoms with van der Waals surface area (Å²) in [6.07, 6.45) is 0.708. The summed E-state index contributed by atoms with van der Waals surface area (Å²) in [7, 11) is -3.76. The van der Waals surface area contributed by atoms with E-state index in [2.05, 4.69) is 0 Å². The second-order valence-electron chi connectivity index (χ2n) is 4.27. The molecule has 3 nitrogen and oxygen atoms in total. The minimum Gasteiger partial charge on any atom is -0.421 e. The fraction of sp³-hybridized carbons (Fsp3) is 0.143. The third-order valence-corrected chi connectivity index (χ3v) is 4.72. The van der Waals surface area contributed by atoms with Crippen LogP contribution in [0.15, 0.2) is 42.5 Å². The van der Waals surface area contributed by atoms with Crippen LogP contribution in [0.4, 0.5) is 0 Å². The molecule has 0 saturated carbocycles. The lowest BCUT2D eigenvalue weighted by Crippen LogP contribution is -2.21. The van der Waals surface area contributed by atoms with Crippen molar-refractivity contribution in [3.05, 3.63) is 48.0 Å². The van der Waals surface area contributed by atoms with Crippen molar-refractivity contribution >= 4 is 12.9 Å². The molecule has 1 heterocycles. The van der Waals surface area contributed by atoms with Gasteiger partial charge in [0.1, 0.15) is 5.75 Å². The molecule has 1 atom stereocenters. The average molecular weight is 260 g/mol. The molecule has 1 aliphatic heterocycles. The molecule has 1 N–H and O–H groups in total. The second kappa shape index (κ2) is 3.98. The van der Waals surface area contributed by atoms with E-state index >= 15 is 0 Å². The molecule has 92 valence electrons. The highest BCUT2D eigenvalue weighted by Gasteiger charge is 2.35. The van der Waals surface area contributed by atoms with Crippen molar-refractivity contribution < 1.29 is 14.0 Å². The first kappa shape index (κ1) is 11.5. The van der Waals surface area contributed by atoms with Crippen molar-refractivity contribution in [1.29, 1.82) is 0 Å². The molecule has 0 aromatic heterocycles. The maximum Gasteiger partial charge on any atom is 0.409 e. The van der Waals surface area contributed by atoms with Crippen LogP contribution in [0.2, 0.25) is 0 Å². The molecule has 2 aromatic carbocycles. The summed E-state index contributed by atoms with van der Waals surface area (Å²) in [5.41, 5.74) is 2.55. The zero-order valence-electron chi connectivity index (χ0n) is 9.96. The first-order valence-electron chi connectivity index (χ1n) is 5.87. The van der Waals surface area contributed by atoms with E-state index in [1.165, 1.54) is 0 Å². The lowest BCUT2D eigenvalue weighted by molar-refractivity contribution is 0.392. The Morgan fingerprint density at radius 2 is 1.83 bits per heavy atom. The van der Waals surface area contributed by atoms with Gasteiger partial charge in [-0.25, -0.2) is 4.57 Å². The Morgan fingerprint density at radius 1 is 1.11 bits per heavy atom. The number of para-hydroxylation sites is 1. The summed E-state index contributed by atoms with van der Waals surface area (Å²) in [6.45, 7) is 1.97. The molecule has 0 aliphatic carbocycles. The fourth-order valence-corrected chi connectivity index (χ4v) is 3.99. The van der Waals surface area contributed by atoms with Gasteiger partial charge in [-0.1, -0.05) is 43.3 Å². The lowest BCUT2D eigenvalue weighted by Gasteiger charge is -2.26. The Balaban J connectivity index is 2.38. The third-order valence-electron chi connectivity index (χ3n) is 3.18. The molecule has 0 saturated heterocycles. The second-order valence-corrected chi connectivity index (χ2v) is 5.95. The van der Waals surface area contributed by atoms with Crippen LogP contribution in [-0.2, 0) is 11.0 Å². The van der Waals surface area contributed by atoms with Crippen molar-refractivity contribution in [3.63, 3.8) is 0 Å². The van der Waals surface area contributed by atoms with Crippen LogP contribution in [0.25, 0.3) is 11.1 Å². The van der Waals surface area contributed by atoms with Gasteiger partial charge in [-0.15, -0.1) is 0 Å². The Hall–Kier alpha value is -1.57. The van der Waals surface area contributed by atoms with Crippen molar-refractivity contribution in [3.8, 4) is 16.9 Å². The molecular formula is C14H13O3P.